The van der Waals surface area contributed by atoms with Gasteiger partial charge in [0.1, 0.15) is 0 Å². The van der Waals surface area contributed by atoms with Crippen LogP contribution in [0.25, 0.3) is 0 Å². The van der Waals surface area contributed by atoms with E-state index in [9.17, 15) is 18.0 Å². The molecule has 0 bridgehead atoms. The molecule has 0 radical (unpaired) electrons. The lowest BCUT2D eigenvalue weighted by Crippen LogP contribution is -2.51. The zero-order chi connectivity index (χ0) is 13.1. The molecule has 1 amide bonds. The van der Waals surface area contributed by atoms with Crippen LogP contribution in [0.15, 0.2) is 0 Å². The molecule has 0 spiro atoms. The summed E-state index contributed by atoms with van der Waals surface area (Å²) in [5.74, 6) is -0.335. The number of hydrogen-bond acceptors (Lipinski definition) is 3. The molecule has 1 N–H and O–H groups in total. The molecule has 1 heterocycles. The first-order chi connectivity index (χ1) is 7.86. The van der Waals surface area contributed by atoms with Gasteiger partial charge in [-0.2, -0.15) is 13.2 Å². The number of likely N-dealkylation sites (tertiary alicyclic amines) is 1. The zero-order valence-corrected chi connectivity index (χ0v) is 9.93. The topological polar surface area (TPSA) is 41.6 Å². The van der Waals surface area contributed by atoms with Crippen LogP contribution in [0.3, 0.4) is 0 Å². The van der Waals surface area contributed by atoms with Gasteiger partial charge in [0.25, 0.3) is 0 Å². The highest BCUT2D eigenvalue weighted by Crippen LogP contribution is 2.40. The average molecular weight is 254 g/mol. The SMILES string of the molecule is CCO[C@]1(C(F)(F)F)CCN(C(=O)CNC)C1. The van der Waals surface area contributed by atoms with Crippen molar-refractivity contribution in [3.8, 4) is 0 Å². The van der Waals surface area contributed by atoms with Gasteiger partial charge in [0.05, 0.1) is 13.1 Å². The van der Waals surface area contributed by atoms with Crippen LogP contribution in [0.4, 0.5) is 13.2 Å². The fourth-order valence-electron chi connectivity index (χ4n) is 1.97. The van der Waals surface area contributed by atoms with E-state index in [0.717, 1.165) is 0 Å². The summed E-state index contributed by atoms with van der Waals surface area (Å²) in [7, 11) is 1.58. The van der Waals surface area contributed by atoms with Gasteiger partial charge < -0.3 is 15.0 Å². The van der Waals surface area contributed by atoms with Crippen LogP contribution in [0.1, 0.15) is 13.3 Å². The molecule has 100 valence electrons. The number of hydrogen-bond donors (Lipinski definition) is 1. The first-order valence-electron chi connectivity index (χ1n) is 5.49. The maximum Gasteiger partial charge on any atom is 0.419 e. The van der Waals surface area contributed by atoms with Crippen molar-refractivity contribution < 1.29 is 22.7 Å². The first kappa shape index (κ1) is 14.2. The molecule has 1 aliphatic heterocycles. The van der Waals surface area contributed by atoms with Crippen LogP contribution in [0.2, 0.25) is 0 Å². The van der Waals surface area contributed by atoms with E-state index >= 15 is 0 Å². The van der Waals surface area contributed by atoms with Crippen LogP contribution >= 0.6 is 0 Å². The predicted octanol–water partition coefficient (Wildman–Crippen LogP) is 0.776. The summed E-state index contributed by atoms with van der Waals surface area (Å²) >= 11 is 0. The molecule has 1 aliphatic rings. The summed E-state index contributed by atoms with van der Waals surface area (Å²) < 4.78 is 43.7. The Labute approximate surface area is 98.1 Å². The van der Waals surface area contributed by atoms with Gasteiger partial charge in [-0.1, -0.05) is 0 Å². The summed E-state index contributed by atoms with van der Waals surface area (Å²) in [6, 6.07) is 0. The summed E-state index contributed by atoms with van der Waals surface area (Å²) in [5.41, 5.74) is -2.19. The number of nitrogens with one attached hydrogen (secondary N) is 1. The van der Waals surface area contributed by atoms with E-state index in [-0.39, 0.29) is 32.0 Å². The highest BCUT2D eigenvalue weighted by Gasteiger charge is 2.59. The number of likely N-dealkylation sites (N-methyl/N-ethyl adjacent to an activating group) is 1. The third kappa shape index (κ3) is 2.90. The lowest BCUT2D eigenvalue weighted by atomic mass is 10.0. The van der Waals surface area contributed by atoms with Crippen molar-refractivity contribution in [1.82, 2.24) is 10.2 Å². The summed E-state index contributed by atoms with van der Waals surface area (Å²) in [5, 5.41) is 2.63. The number of amides is 1. The van der Waals surface area contributed by atoms with E-state index in [2.05, 4.69) is 5.32 Å². The molecule has 0 aliphatic carbocycles. The van der Waals surface area contributed by atoms with Crippen LogP contribution in [-0.4, -0.2) is 55.9 Å². The van der Waals surface area contributed by atoms with Crippen LogP contribution < -0.4 is 5.32 Å². The maximum absolute atomic E-state index is 12.9. The Kier molecular flexibility index (Phi) is 4.37. The highest BCUT2D eigenvalue weighted by atomic mass is 19.4. The number of nitrogens with zero attached hydrogens (tertiary/aromatic N) is 1. The fourth-order valence-corrected chi connectivity index (χ4v) is 1.97. The Bertz CT molecular complexity index is 283. The molecular weight excluding hydrogens is 237 g/mol. The summed E-state index contributed by atoms with van der Waals surface area (Å²) in [4.78, 5) is 12.7. The smallest absolute Gasteiger partial charge is 0.364 e. The minimum Gasteiger partial charge on any atom is -0.364 e. The number of alkyl halides is 3. The lowest BCUT2D eigenvalue weighted by Gasteiger charge is -2.31. The maximum atomic E-state index is 12.9. The molecule has 0 aromatic carbocycles. The van der Waals surface area contributed by atoms with Crippen molar-refractivity contribution in [3.63, 3.8) is 0 Å². The molecule has 1 saturated heterocycles. The number of halogens is 3. The summed E-state index contributed by atoms with van der Waals surface area (Å²) in [6.45, 7) is 1.21. The van der Waals surface area contributed by atoms with Gasteiger partial charge in [0.15, 0.2) is 5.60 Å². The van der Waals surface area contributed by atoms with Crippen LogP contribution in [0, 0.1) is 0 Å². The largest absolute Gasteiger partial charge is 0.419 e. The molecule has 7 heteroatoms. The number of rotatable bonds is 4. The molecule has 0 unspecified atom stereocenters. The van der Waals surface area contributed by atoms with Crippen molar-refractivity contribution in [3.05, 3.63) is 0 Å². The molecule has 1 atom stereocenters. The Balaban J connectivity index is 2.75. The van der Waals surface area contributed by atoms with Crippen molar-refractivity contribution in [1.29, 1.82) is 0 Å². The van der Waals surface area contributed by atoms with Gasteiger partial charge in [-0.05, 0) is 14.0 Å². The minimum absolute atomic E-state index is 0.0203. The second-order valence-electron chi connectivity index (χ2n) is 4.02. The number of ether oxygens (including phenoxy) is 1. The van der Waals surface area contributed by atoms with Gasteiger partial charge in [0, 0.05) is 19.6 Å². The standard InChI is InChI=1S/C10H17F3N2O2/c1-3-17-9(10(11,12)13)4-5-15(7-9)8(16)6-14-2/h14H,3-7H2,1-2H3/t9-/m1/s1. The van der Waals surface area contributed by atoms with Gasteiger partial charge >= 0.3 is 6.18 Å². The fraction of sp³-hybridized carbons (Fsp3) is 0.900. The molecule has 0 saturated carbocycles. The zero-order valence-electron chi connectivity index (χ0n) is 9.93. The van der Waals surface area contributed by atoms with E-state index in [1.807, 2.05) is 0 Å². The van der Waals surface area contributed by atoms with E-state index in [1.165, 1.54) is 11.8 Å². The average Bonchev–Trinajstić information content (AvgIpc) is 2.63. The third-order valence-corrected chi connectivity index (χ3v) is 2.85. The third-order valence-electron chi connectivity index (χ3n) is 2.85. The van der Waals surface area contributed by atoms with Crippen molar-refractivity contribution in [2.45, 2.75) is 25.1 Å². The van der Waals surface area contributed by atoms with E-state index in [1.54, 1.807) is 7.05 Å². The molecular formula is C10H17F3N2O2. The monoisotopic (exact) mass is 254 g/mol. The number of carbonyl (C=O) groups is 1. The van der Waals surface area contributed by atoms with Gasteiger partial charge in [-0.25, -0.2) is 0 Å². The van der Waals surface area contributed by atoms with Gasteiger partial charge in [-0.3, -0.25) is 4.79 Å². The molecule has 4 nitrogen and oxygen atoms in total. The molecule has 17 heavy (non-hydrogen) atoms. The highest BCUT2D eigenvalue weighted by molar-refractivity contribution is 5.78. The quantitative estimate of drug-likeness (QED) is 0.806. The van der Waals surface area contributed by atoms with Gasteiger partial charge in [-0.15, -0.1) is 0 Å². The van der Waals surface area contributed by atoms with Gasteiger partial charge in [0.2, 0.25) is 5.91 Å². The normalized spacial score (nSPS) is 25.4. The molecule has 0 aromatic rings. The van der Waals surface area contributed by atoms with Crippen molar-refractivity contribution in [2.24, 2.45) is 0 Å². The van der Waals surface area contributed by atoms with E-state index < -0.39 is 18.3 Å². The summed E-state index contributed by atoms with van der Waals surface area (Å²) in [6.07, 6.45) is -4.64. The second-order valence-corrected chi connectivity index (χ2v) is 4.02. The van der Waals surface area contributed by atoms with E-state index in [4.69, 9.17) is 4.74 Å². The Morgan fingerprint density at radius 3 is 2.65 bits per heavy atom. The Hall–Kier alpha value is -0.820. The Morgan fingerprint density at radius 1 is 1.53 bits per heavy atom. The lowest BCUT2D eigenvalue weighted by molar-refractivity contribution is -0.270. The molecule has 0 aromatic heterocycles. The first-order valence-corrected chi connectivity index (χ1v) is 5.49. The predicted molar refractivity (Wildman–Crippen MR) is 55.5 cm³/mol. The second kappa shape index (κ2) is 5.22. The molecule has 1 fully saturated rings. The van der Waals surface area contributed by atoms with Crippen LogP contribution in [0.5, 0.6) is 0 Å². The number of carbonyl (C=O) groups excluding carboxylic acids is 1. The minimum atomic E-state index is -4.45. The van der Waals surface area contributed by atoms with Crippen molar-refractivity contribution >= 4 is 5.91 Å². The molecule has 1 rings (SSSR count). The van der Waals surface area contributed by atoms with Crippen molar-refractivity contribution in [2.75, 3.05) is 33.3 Å². The van der Waals surface area contributed by atoms with Crippen LogP contribution in [-0.2, 0) is 9.53 Å². The Morgan fingerprint density at radius 2 is 2.18 bits per heavy atom. The van der Waals surface area contributed by atoms with E-state index in [0.29, 0.717) is 0 Å².